The van der Waals surface area contributed by atoms with Crippen LogP contribution in [0.5, 0.6) is 0 Å². The van der Waals surface area contributed by atoms with Gasteiger partial charge in [0.2, 0.25) is 0 Å². The maximum absolute atomic E-state index is 5.59. The van der Waals surface area contributed by atoms with Gasteiger partial charge in [0.15, 0.2) is 0 Å². The fourth-order valence-corrected chi connectivity index (χ4v) is 4.85. The topological polar surface area (TPSA) is 24.7 Å². The van der Waals surface area contributed by atoms with E-state index in [1.807, 2.05) is 0 Å². The van der Waals surface area contributed by atoms with Gasteiger partial charge in [-0.3, -0.25) is 0 Å². The second kappa shape index (κ2) is 6.42. The van der Waals surface area contributed by atoms with E-state index < -0.39 is 9.13 Å². The van der Waals surface area contributed by atoms with E-state index >= 15 is 0 Å². The van der Waals surface area contributed by atoms with Crippen molar-refractivity contribution >= 4 is 116 Å². The quantitative estimate of drug-likeness (QED) is 0.176. The van der Waals surface area contributed by atoms with Crippen molar-refractivity contribution < 1.29 is 0 Å². The Morgan fingerprint density at radius 2 is 1.44 bits per heavy atom. The summed E-state index contributed by atoms with van der Waals surface area (Å²) >= 11 is 49.6. The first kappa shape index (κ1) is 18.7. The van der Waals surface area contributed by atoms with Crippen LogP contribution in [0.15, 0.2) is 20.7 Å². The summed E-state index contributed by atoms with van der Waals surface area (Å²) in [4.78, 5) is 3.50. The molecule has 0 rings (SSSR count). The zero-order valence-electron chi connectivity index (χ0n) is 6.77. The van der Waals surface area contributed by atoms with Crippen molar-refractivity contribution in [1.82, 2.24) is 0 Å². The van der Waals surface area contributed by atoms with Crippen molar-refractivity contribution in [2.75, 3.05) is 0 Å². The van der Waals surface area contributed by atoms with E-state index in [-0.39, 0.29) is 10.5 Å². The molecule has 13 heteroatoms. The first-order valence-corrected chi connectivity index (χ1v) is 14.1. The standard InChI is InChI=1S/C3HCl9N2P2/c4-2(1-16(9,10,11)12)13-3(5)14-15(6,7)8/h1H/b2-1+,13-3+. The predicted octanol–water partition coefficient (Wildman–Crippen LogP) is 8.45. The predicted molar refractivity (Wildman–Crippen MR) is 84.5 cm³/mol. The molecule has 0 aliphatic heterocycles. The first-order valence-electron chi connectivity index (χ1n) is 2.98. The number of amidine groups is 1. The van der Waals surface area contributed by atoms with Gasteiger partial charge in [-0.15, -0.1) is 0 Å². The Labute approximate surface area is 136 Å². The minimum absolute atomic E-state index is 0.264. The number of hydrogen-bond acceptors (Lipinski definition) is 1. The van der Waals surface area contributed by atoms with E-state index in [1.54, 1.807) is 0 Å². The van der Waals surface area contributed by atoms with Crippen LogP contribution in [0.3, 0.4) is 0 Å². The van der Waals surface area contributed by atoms with Gasteiger partial charge >= 0.3 is 137 Å². The van der Waals surface area contributed by atoms with Crippen molar-refractivity contribution in [2.45, 2.75) is 0 Å². The van der Waals surface area contributed by atoms with Gasteiger partial charge in [-0.2, -0.15) is 0 Å². The van der Waals surface area contributed by atoms with Gasteiger partial charge in [0, 0.05) is 0 Å². The fourth-order valence-electron chi connectivity index (χ4n) is 0.394. The first-order chi connectivity index (χ1) is 6.75. The van der Waals surface area contributed by atoms with Crippen molar-refractivity contribution in [3.05, 3.63) is 11.0 Å². The number of halogens is 9. The van der Waals surface area contributed by atoms with Crippen LogP contribution in [0, 0.1) is 0 Å². The Hall–Kier alpha value is 2.68. The van der Waals surface area contributed by atoms with Gasteiger partial charge in [0.1, 0.15) is 0 Å². The molecule has 96 valence electrons. The molecule has 0 spiro atoms. The molecule has 16 heavy (non-hydrogen) atoms. The summed E-state index contributed by atoms with van der Waals surface area (Å²) in [5.41, 5.74) is 0. The summed E-state index contributed by atoms with van der Waals surface area (Å²) < 4.78 is -0.565. The monoisotopic (exact) mass is 442 g/mol. The van der Waals surface area contributed by atoms with E-state index in [0.29, 0.717) is 0 Å². The van der Waals surface area contributed by atoms with E-state index in [1.165, 1.54) is 0 Å². The van der Waals surface area contributed by atoms with Crippen molar-refractivity contribution in [1.29, 1.82) is 0 Å². The Bertz CT molecular complexity index is 368. The molecule has 0 aromatic carbocycles. The van der Waals surface area contributed by atoms with Gasteiger partial charge in [0.25, 0.3) is 0 Å². The van der Waals surface area contributed by atoms with Gasteiger partial charge in [0.05, 0.1) is 0 Å². The molecule has 0 N–H and O–H groups in total. The zero-order valence-corrected chi connectivity index (χ0v) is 15.4. The van der Waals surface area contributed by atoms with Gasteiger partial charge in [-0.25, -0.2) is 0 Å². The Morgan fingerprint density at radius 1 is 1.00 bits per heavy atom. The van der Waals surface area contributed by atoms with Crippen LogP contribution in [-0.2, 0) is 0 Å². The minimum atomic E-state index is -4.01. The molecule has 0 unspecified atom stereocenters. The van der Waals surface area contributed by atoms with Crippen LogP contribution in [-0.4, -0.2) is 5.29 Å². The molecular weight excluding hydrogens is 445 g/mol. The summed E-state index contributed by atoms with van der Waals surface area (Å²) in [6.07, 6.45) is 0. The molecule has 0 aliphatic carbocycles. The van der Waals surface area contributed by atoms with Crippen LogP contribution in [0.1, 0.15) is 0 Å². The molecule has 0 aromatic heterocycles. The molecule has 0 aliphatic rings. The summed E-state index contributed by atoms with van der Waals surface area (Å²) in [5.74, 6) is 0.939. The number of nitrogens with zero attached hydrogens (tertiary/aromatic N) is 2. The van der Waals surface area contributed by atoms with Gasteiger partial charge in [-0.05, 0) is 0 Å². The molecule has 0 aromatic rings. The van der Waals surface area contributed by atoms with Crippen LogP contribution in [0.4, 0.5) is 0 Å². The second-order valence-corrected chi connectivity index (χ2v) is 23.2. The average Bonchev–Trinajstić information content (AvgIpc) is 1.71. The van der Waals surface area contributed by atoms with E-state index in [4.69, 9.17) is 102 Å². The number of aliphatic imine (C=N–C) groups is 1. The summed E-state index contributed by atoms with van der Waals surface area (Å²) in [5, 5.41) is -3.67. The summed E-state index contributed by atoms with van der Waals surface area (Å²) in [6.45, 7) is 0. The molecular formula is C3HCl9N2P2. The molecule has 0 radical (unpaired) electrons. The van der Waals surface area contributed by atoms with Crippen LogP contribution in [0.25, 0.3) is 0 Å². The Kier molecular flexibility index (Phi) is 7.50. The molecule has 0 fully saturated rings. The van der Waals surface area contributed by atoms with E-state index in [2.05, 4.69) is 9.74 Å². The molecule has 0 saturated carbocycles. The molecule has 0 saturated heterocycles. The molecule has 0 bridgehead atoms. The third kappa shape index (κ3) is 13.1. The van der Waals surface area contributed by atoms with E-state index in [0.717, 1.165) is 5.82 Å². The molecule has 2 nitrogen and oxygen atoms in total. The summed E-state index contributed by atoms with van der Waals surface area (Å²) in [7, 11) is 0. The van der Waals surface area contributed by atoms with E-state index in [9.17, 15) is 0 Å². The third-order valence-corrected chi connectivity index (χ3v) is 4.23. The summed E-state index contributed by atoms with van der Waals surface area (Å²) in [6, 6.07) is 0. The van der Waals surface area contributed by atoms with Crippen molar-refractivity contribution in [3.8, 4) is 0 Å². The Morgan fingerprint density at radius 3 is 1.75 bits per heavy atom. The number of rotatable bonds is 2. The SMILES string of the molecule is ClC(=C\P(Cl)(Cl)(Cl)Cl)/N=C(\Cl)N=P(Cl)(Cl)Cl. The zero-order chi connectivity index (χ0) is 13.2. The normalized spacial score (nSPS) is 17.9. The van der Waals surface area contributed by atoms with Crippen LogP contribution < -0.4 is 0 Å². The van der Waals surface area contributed by atoms with Crippen LogP contribution >= 0.6 is 111 Å². The van der Waals surface area contributed by atoms with Gasteiger partial charge in [-0.1, -0.05) is 0 Å². The fraction of sp³-hybridized carbons (Fsp3) is 0. The molecule has 0 amide bonds. The number of hydrogen-bond donors (Lipinski definition) is 0. The van der Waals surface area contributed by atoms with Crippen molar-refractivity contribution in [2.24, 2.45) is 9.74 Å². The van der Waals surface area contributed by atoms with Crippen molar-refractivity contribution in [3.63, 3.8) is 0 Å². The molecule has 0 atom stereocenters. The second-order valence-electron chi connectivity index (χ2n) is 2.12. The average molecular weight is 446 g/mol. The molecule has 0 heterocycles. The van der Waals surface area contributed by atoms with Crippen LogP contribution in [0.2, 0.25) is 0 Å². The third-order valence-electron chi connectivity index (χ3n) is 0.697. The van der Waals surface area contributed by atoms with Gasteiger partial charge < -0.3 is 0 Å². The maximum atomic E-state index is 5.59. The Balaban J connectivity index is 5.10.